The summed E-state index contributed by atoms with van der Waals surface area (Å²) in [6.07, 6.45) is 1.96. The zero-order chi connectivity index (χ0) is 15.5. The van der Waals surface area contributed by atoms with Crippen LogP contribution in [-0.4, -0.2) is 51.0 Å². The lowest BCUT2D eigenvalue weighted by atomic mass is 9.99. The molecule has 1 unspecified atom stereocenters. The minimum absolute atomic E-state index is 0.0615. The van der Waals surface area contributed by atoms with Gasteiger partial charge < -0.3 is 10.2 Å². The van der Waals surface area contributed by atoms with E-state index in [1.165, 1.54) is 12.1 Å². The standard InChI is InChI=1S/C14H19FN2O3S/c1-21(19,20)9-7-16-14(18)17-8-6-12(10-17)11-2-4-13(15)5-3-11/h2-5,12H,6-10H2,1H3,(H,16,18). The molecule has 2 rings (SSSR count). The maximum atomic E-state index is 12.9. The Morgan fingerprint density at radius 2 is 2.05 bits per heavy atom. The van der Waals surface area contributed by atoms with Crippen LogP contribution in [-0.2, 0) is 9.84 Å². The molecule has 1 N–H and O–H groups in total. The number of benzene rings is 1. The number of urea groups is 1. The van der Waals surface area contributed by atoms with Crippen molar-refractivity contribution in [3.63, 3.8) is 0 Å². The van der Waals surface area contributed by atoms with Crippen LogP contribution in [0.1, 0.15) is 17.9 Å². The van der Waals surface area contributed by atoms with Crippen molar-refractivity contribution in [2.75, 3.05) is 31.6 Å². The van der Waals surface area contributed by atoms with Crippen molar-refractivity contribution in [2.45, 2.75) is 12.3 Å². The van der Waals surface area contributed by atoms with E-state index in [1.54, 1.807) is 17.0 Å². The molecular weight excluding hydrogens is 295 g/mol. The molecule has 7 heteroatoms. The van der Waals surface area contributed by atoms with Gasteiger partial charge >= 0.3 is 6.03 Å². The fourth-order valence-electron chi connectivity index (χ4n) is 2.41. The number of nitrogens with one attached hydrogen (secondary N) is 1. The fourth-order valence-corrected chi connectivity index (χ4v) is 2.88. The van der Waals surface area contributed by atoms with E-state index in [2.05, 4.69) is 5.32 Å². The number of halogens is 1. The second-order valence-electron chi connectivity index (χ2n) is 5.34. The minimum Gasteiger partial charge on any atom is -0.337 e. The lowest BCUT2D eigenvalue weighted by molar-refractivity contribution is 0.209. The van der Waals surface area contributed by atoms with E-state index in [0.29, 0.717) is 13.1 Å². The zero-order valence-electron chi connectivity index (χ0n) is 11.9. The van der Waals surface area contributed by atoms with Gasteiger partial charge in [-0.1, -0.05) is 12.1 Å². The van der Waals surface area contributed by atoms with Crippen LogP contribution in [0.15, 0.2) is 24.3 Å². The summed E-state index contributed by atoms with van der Waals surface area (Å²) in [4.78, 5) is 13.6. The number of hydrogen-bond acceptors (Lipinski definition) is 3. The van der Waals surface area contributed by atoms with Crippen LogP contribution >= 0.6 is 0 Å². The fraction of sp³-hybridized carbons (Fsp3) is 0.500. The van der Waals surface area contributed by atoms with E-state index < -0.39 is 9.84 Å². The summed E-state index contributed by atoms with van der Waals surface area (Å²) in [6, 6.07) is 6.08. The average Bonchev–Trinajstić information content (AvgIpc) is 2.87. The normalized spacial score (nSPS) is 18.8. The lowest BCUT2D eigenvalue weighted by Crippen LogP contribution is -2.40. The van der Waals surface area contributed by atoms with Crippen LogP contribution in [0.3, 0.4) is 0 Å². The predicted octanol–water partition coefficient (Wildman–Crippen LogP) is 1.37. The largest absolute Gasteiger partial charge is 0.337 e. The van der Waals surface area contributed by atoms with Gasteiger partial charge in [0.15, 0.2) is 0 Å². The summed E-state index contributed by atoms with van der Waals surface area (Å²) < 4.78 is 34.9. The number of nitrogens with zero attached hydrogens (tertiary/aromatic N) is 1. The van der Waals surface area contributed by atoms with E-state index in [9.17, 15) is 17.6 Å². The molecule has 1 heterocycles. The molecule has 0 aliphatic carbocycles. The predicted molar refractivity (Wildman–Crippen MR) is 78.4 cm³/mol. The molecule has 21 heavy (non-hydrogen) atoms. The van der Waals surface area contributed by atoms with Gasteiger partial charge in [0, 0.05) is 31.8 Å². The first-order chi connectivity index (χ1) is 9.85. The minimum atomic E-state index is -3.07. The molecule has 0 bridgehead atoms. The monoisotopic (exact) mass is 314 g/mol. The van der Waals surface area contributed by atoms with Crippen LogP contribution < -0.4 is 5.32 Å². The van der Waals surface area contributed by atoms with Crippen molar-refractivity contribution < 1.29 is 17.6 Å². The molecule has 116 valence electrons. The second kappa shape index (κ2) is 6.43. The van der Waals surface area contributed by atoms with Gasteiger partial charge in [-0.15, -0.1) is 0 Å². The summed E-state index contributed by atoms with van der Waals surface area (Å²) in [7, 11) is -3.07. The molecule has 1 atom stereocenters. The molecule has 1 aromatic rings. The van der Waals surface area contributed by atoms with E-state index in [4.69, 9.17) is 0 Å². The first kappa shape index (κ1) is 15.8. The van der Waals surface area contributed by atoms with Gasteiger partial charge in [0.05, 0.1) is 5.75 Å². The molecule has 0 radical (unpaired) electrons. The number of sulfone groups is 1. The van der Waals surface area contributed by atoms with Crippen molar-refractivity contribution in [3.8, 4) is 0 Å². The first-order valence-corrected chi connectivity index (χ1v) is 8.87. The molecule has 1 aromatic carbocycles. The molecule has 1 saturated heterocycles. The molecule has 0 spiro atoms. The first-order valence-electron chi connectivity index (χ1n) is 6.81. The number of rotatable bonds is 4. The number of amides is 2. The van der Waals surface area contributed by atoms with E-state index in [1.807, 2.05) is 0 Å². The Morgan fingerprint density at radius 3 is 2.67 bits per heavy atom. The quantitative estimate of drug-likeness (QED) is 0.913. The van der Waals surface area contributed by atoms with Crippen LogP contribution in [0.25, 0.3) is 0 Å². The summed E-state index contributed by atoms with van der Waals surface area (Å²) in [5.41, 5.74) is 1.02. The summed E-state index contributed by atoms with van der Waals surface area (Å²) in [6.45, 7) is 1.30. The van der Waals surface area contributed by atoms with Crippen LogP contribution in [0.5, 0.6) is 0 Å². The highest BCUT2D eigenvalue weighted by molar-refractivity contribution is 7.90. The van der Waals surface area contributed by atoms with E-state index >= 15 is 0 Å². The van der Waals surface area contributed by atoms with Crippen molar-refractivity contribution in [1.82, 2.24) is 10.2 Å². The number of carbonyl (C=O) groups is 1. The summed E-state index contributed by atoms with van der Waals surface area (Å²) >= 11 is 0. The smallest absolute Gasteiger partial charge is 0.317 e. The van der Waals surface area contributed by atoms with Crippen molar-refractivity contribution in [2.24, 2.45) is 0 Å². The number of carbonyl (C=O) groups excluding carboxylic acids is 1. The molecule has 5 nitrogen and oxygen atoms in total. The van der Waals surface area contributed by atoms with Crippen molar-refractivity contribution in [3.05, 3.63) is 35.6 Å². The summed E-state index contributed by atoms with van der Waals surface area (Å²) in [5, 5.41) is 2.61. The van der Waals surface area contributed by atoms with Gasteiger partial charge in [0.1, 0.15) is 15.7 Å². The highest BCUT2D eigenvalue weighted by Gasteiger charge is 2.27. The van der Waals surface area contributed by atoms with Crippen LogP contribution in [0, 0.1) is 5.82 Å². The molecule has 1 aliphatic heterocycles. The summed E-state index contributed by atoms with van der Waals surface area (Å²) in [5.74, 6) is -0.132. The van der Waals surface area contributed by atoms with Gasteiger partial charge in [0.2, 0.25) is 0 Å². The molecule has 2 amide bonds. The van der Waals surface area contributed by atoms with Gasteiger partial charge in [-0.25, -0.2) is 17.6 Å². The molecule has 0 saturated carbocycles. The molecular formula is C14H19FN2O3S. The van der Waals surface area contributed by atoms with Crippen molar-refractivity contribution in [1.29, 1.82) is 0 Å². The maximum Gasteiger partial charge on any atom is 0.317 e. The topological polar surface area (TPSA) is 66.5 Å². The highest BCUT2D eigenvalue weighted by atomic mass is 32.2. The van der Waals surface area contributed by atoms with Crippen LogP contribution in [0.2, 0.25) is 0 Å². The van der Waals surface area contributed by atoms with E-state index in [0.717, 1.165) is 18.2 Å². The van der Waals surface area contributed by atoms with Gasteiger partial charge in [-0.2, -0.15) is 0 Å². The third-order valence-corrected chi connectivity index (χ3v) is 4.51. The van der Waals surface area contributed by atoms with Gasteiger partial charge in [-0.05, 0) is 24.1 Å². The highest BCUT2D eigenvalue weighted by Crippen LogP contribution is 2.27. The Hall–Kier alpha value is -1.63. The van der Waals surface area contributed by atoms with Gasteiger partial charge in [0.25, 0.3) is 0 Å². The Morgan fingerprint density at radius 1 is 1.38 bits per heavy atom. The Kier molecular flexibility index (Phi) is 4.82. The second-order valence-corrected chi connectivity index (χ2v) is 7.60. The lowest BCUT2D eigenvalue weighted by Gasteiger charge is -2.17. The number of hydrogen-bond donors (Lipinski definition) is 1. The third-order valence-electron chi connectivity index (χ3n) is 3.57. The van der Waals surface area contributed by atoms with Crippen LogP contribution in [0.4, 0.5) is 9.18 Å². The average molecular weight is 314 g/mol. The molecule has 1 aliphatic rings. The Labute approximate surface area is 124 Å². The zero-order valence-corrected chi connectivity index (χ0v) is 12.7. The number of likely N-dealkylation sites (tertiary alicyclic amines) is 1. The Bertz CT molecular complexity index is 601. The van der Waals surface area contributed by atoms with E-state index in [-0.39, 0.29) is 30.1 Å². The van der Waals surface area contributed by atoms with Gasteiger partial charge in [-0.3, -0.25) is 0 Å². The van der Waals surface area contributed by atoms with Crippen molar-refractivity contribution >= 4 is 15.9 Å². The molecule has 0 aromatic heterocycles. The maximum absolute atomic E-state index is 12.9. The third kappa shape index (κ3) is 4.70. The Balaban J connectivity index is 1.84. The SMILES string of the molecule is CS(=O)(=O)CCNC(=O)N1CCC(c2ccc(F)cc2)C1. The molecule has 1 fully saturated rings.